The van der Waals surface area contributed by atoms with Crippen LogP contribution in [0.4, 0.5) is 5.69 Å². The molecule has 0 saturated carbocycles. The maximum atomic E-state index is 12.7. The molecule has 34 heavy (non-hydrogen) atoms. The third-order valence-electron chi connectivity index (χ3n) is 6.43. The van der Waals surface area contributed by atoms with Gasteiger partial charge in [0.15, 0.2) is 10.6 Å². The Kier molecular flexibility index (Phi) is 7.57. The Balaban J connectivity index is 1.20. The van der Waals surface area contributed by atoms with E-state index < -0.39 is 0 Å². The number of fused-ring (bicyclic) bond motifs is 1. The Morgan fingerprint density at radius 2 is 1.65 bits per heavy atom. The van der Waals surface area contributed by atoms with E-state index >= 15 is 0 Å². The number of unbranched alkanes of at least 4 members (excludes halogenated alkanes) is 2. The summed E-state index contributed by atoms with van der Waals surface area (Å²) in [6.07, 6.45) is 2.98. The van der Waals surface area contributed by atoms with Gasteiger partial charge in [0.2, 0.25) is 5.91 Å². The van der Waals surface area contributed by atoms with E-state index in [1.165, 1.54) is 0 Å². The van der Waals surface area contributed by atoms with Crippen LogP contribution in [-0.2, 0) is 11.3 Å². The van der Waals surface area contributed by atoms with Crippen molar-refractivity contribution in [1.29, 1.82) is 0 Å². The summed E-state index contributed by atoms with van der Waals surface area (Å²) in [5.74, 6) is 0.251. The van der Waals surface area contributed by atoms with Crippen molar-refractivity contribution in [2.24, 2.45) is 0 Å². The number of hydrogen-bond donors (Lipinski definition) is 1. The van der Waals surface area contributed by atoms with Crippen LogP contribution in [0.25, 0.3) is 10.9 Å². The number of para-hydroxylation sites is 1. The van der Waals surface area contributed by atoms with Crippen molar-refractivity contribution in [3.63, 3.8) is 0 Å². The summed E-state index contributed by atoms with van der Waals surface area (Å²) in [7, 11) is 0. The minimum absolute atomic E-state index is 0.0641. The van der Waals surface area contributed by atoms with E-state index in [0.717, 1.165) is 43.6 Å². The van der Waals surface area contributed by atoms with Gasteiger partial charge in [-0.2, -0.15) is 0 Å². The highest BCUT2D eigenvalue weighted by Gasteiger charge is 2.21. The Morgan fingerprint density at radius 3 is 2.35 bits per heavy atom. The Bertz CT molecular complexity index is 1290. The third-order valence-corrected chi connectivity index (χ3v) is 6.76. The molecule has 1 saturated heterocycles. The summed E-state index contributed by atoms with van der Waals surface area (Å²) >= 11 is 5.36. The zero-order valence-corrected chi connectivity index (χ0v) is 20.3. The summed E-state index contributed by atoms with van der Waals surface area (Å²) in [4.78, 5) is 44.1. The first kappa shape index (κ1) is 23.9. The van der Waals surface area contributed by atoms with Crippen molar-refractivity contribution >= 4 is 40.5 Å². The van der Waals surface area contributed by atoms with Gasteiger partial charge in [-0.15, -0.1) is 0 Å². The monoisotopic (exact) mass is 478 g/mol. The lowest BCUT2D eigenvalue weighted by Crippen LogP contribution is -2.48. The number of anilines is 1. The van der Waals surface area contributed by atoms with Crippen LogP contribution < -0.4 is 10.5 Å². The molecule has 0 atom stereocenters. The smallest absolute Gasteiger partial charge is 0.262 e. The second kappa shape index (κ2) is 10.8. The maximum absolute atomic E-state index is 12.7. The lowest BCUT2D eigenvalue weighted by molar-refractivity contribution is -0.131. The number of aromatic nitrogens is 2. The normalized spacial score (nSPS) is 13.9. The predicted molar refractivity (Wildman–Crippen MR) is 137 cm³/mol. The number of carbonyl (C=O) groups is 2. The molecule has 0 unspecified atom stereocenters. The number of aromatic amines is 1. The molecule has 0 aliphatic carbocycles. The SMILES string of the molecule is CC(=O)c1ccc(N2CCN(C(=O)CCCCCn3c(=S)[nH]c4ccccc4c3=O)CC2)cc1. The van der Waals surface area contributed by atoms with Crippen molar-refractivity contribution in [3.8, 4) is 0 Å². The molecule has 1 aromatic heterocycles. The zero-order chi connectivity index (χ0) is 24.1. The number of Topliss-reactive ketones (excluding diaryl/α,β-unsaturated/α-hetero) is 1. The van der Waals surface area contributed by atoms with Gasteiger partial charge in [-0.3, -0.25) is 19.0 Å². The lowest BCUT2D eigenvalue weighted by atomic mass is 10.1. The maximum Gasteiger partial charge on any atom is 0.262 e. The van der Waals surface area contributed by atoms with Gasteiger partial charge in [0.05, 0.1) is 10.9 Å². The quantitative estimate of drug-likeness (QED) is 0.299. The van der Waals surface area contributed by atoms with E-state index in [1.807, 2.05) is 47.4 Å². The molecule has 1 N–H and O–H groups in total. The van der Waals surface area contributed by atoms with Gasteiger partial charge < -0.3 is 14.8 Å². The van der Waals surface area contributed by atoms with Crippen LogP contribution in [0.2, 0.25) is 0 Å². The average molecular weight is 479 g/mol. The first-order valence-corrected chi connectivity index (χ1v) is 12.2. The Hall–Kier alpha value is -3.26. The van der Waals surface area contributed by atoms with Crippen molar-refractivity contribution in [3.05, 3.63) is 69.2 Å². The number of hydrogen-bond acceptors (Lipinski definition) is 5. The number of nitrogens with zero attached hydrogens (tertiary/aromatic N) is 3. The van der Waals surface area contributed by atoms with E-state index in [1.54, 1.807) is 17.6 Å². The van der Waals surface area contributed by atoms with Crippen molar-refractivity contribution in [1.82, 2.24) is 14.5 Å². The van der Waals surface area contributed by atoms with Crippen LogP contribution in [0.3, 0.4) is 0 Å². The Labute approximate surface area is 204 Å². The third kappa shape index (κ3) is 5.44. The summed E-state index contributed by atoms with van der Waals surface area (Å²) in [6, 6.07) is 15.0. The topological polar surface area (TPSA) is 78.4 Å². The number of benzene rings is 2. The summed E-state index contributed by atoms with van der Waals surface area (Å²) in [6.45, 7) is 5.10. The number of amides is 1. The fourth-order valence-electron chi connectivity index (χ4n) is 4.40. The van der Waals surface area contributed by atoms with E-state index in [2.05, 4.69) is 9.88 Å². The highest BCUT2D eigenvalue weighted by molar-refractivity contribution is 7.71. The molecule has 178 valence electrons. The number of H-pyrrole nitrogens is 1. The van der Waals surface area contributed by atoms with Crippen molar-refractivity contribution in [2.45, 2.75) is 39.2 Å². The standard InChI is InChI=1S/C26H30N4O3S/c1-19(31)20-10-12-21(13-11-20)28-15-17-29(18-16-28)24(32)9-3-2-6-14-30-25(33)22-7-4-5-8-23(22)27-26(30)34/h4-5,7-8,10-13H,2-3,6,9,14-18H2,1H3,(H,27,34). The molecular weight excluding hydrogens is 448 g/mol. The van der Waals surface area contributed by atoms with Crippen LogP contribution in [0, 0.1) is 4.77 Å². The van der Waals surface area contributed by atoms with Gasteiger partial charge >= 0.3 is 0 Å². The lowest BCUT2D eigenvalue weighted by Gasteiger charge is -2.36. The number of piperazine rings is 1. The van der Waals surface area contributed by atoms with Gasteiger partial charge in [0, 0.05) is 50.4 Å². The van der Waals surface area contributed by atoms with Crippen molar-refractivity contribution < 1.29 is 9.59 Å². The number of ketones is 1. The molecule has 0 radical (unpaired) electrons. The molecule has 2 heterocycles. The van der Waals surface area contributed by atoms with Gasteiger partial charge in [0.1, 0.15) is 0 Å². The molecule has 0 spiro atoms. The van der Waals surface area contributed by atoms with Gasteiger partial charge in [0.25, 0.3) is 5.56 Å². The molecule has 2 aromatic carbocycles. The molecular formula is C26H30N4O3S. The van der Waals surface area contributed by atoms with E-state index in [9.17, 15) is 14.4 Å². The van der Waals surface area contributed by atoms with E-state index in [-0.39, 0.29) is 17.2 Å². The largest absolute Gasteiger partial charge is 0.368 e. The fourth-order valence-corrected chi connectivity index (χ4v) is 4.69. The summed E-state index contributed by atoms with van der Waals surface area (Å²) in [5.41, 5.74) is 2.49. The highest BCUT2D eigenvalue weighted by Crippen LogP contribution is 2.18. The second-order valence-corrected chi connectivity index (χ2v) is 9.10. The molecule has 1 aliphatic heterocycles. The Morgan fingerprint density at radius 1 is 0.941 bits per heavy atom. The van der Waals surface area contributed by atoms with Gasteiger partial charge in [-0.1, -0.05) is 18.6 Å². The number of nitrogens with one attached hydrogen (secondary N) is 1. The predicted octanol–water partition coefficient (Wildman–Crippen LogP) is 4.17. The van der Waals surface area contributed by atoms with Crippen LogP contribution in [0.15, 0.2) is 53.3 Å². The molecule has 8 heteroatoms. The molecule has 0 bridgehead atoms. The van der Waals surface area contributed by atoms with Gasteiger partial charge in [-0.05, 0) is 68.4 Å². The van der Waals surface area contributed by atoms with Gasteiger partial charge in [-0.25, -0.2) is 0 Å². The molecule has 4 rings (SSSR count). The van der Waals surface area contributed by atoms with Crippen molar-refractivity contribution in [2.75, 3.05) is 31.1 Å². The van der Waals surface area contributed by atoms with Crippen LogP contribution in [-0.4, -0.2) is 52.3 Å². The van der Waals surface area contributed by atoms with E-state index in [4.69, 9.17) is 12.2 Å². The summed E-state index contributed by atoms with van der Waals surface area (Å²) in [5, 5.41) is 0.639. The summed E-state index contributed by atoms with van der Waals surface area (Å²) < 4.78 is 2.05. The number of rotatable bonds is 8. The van der Waals surface area contributed by atoms with Crippen LogP contribution in [0.1, 0.15) is 43.0 Å². The minimum Gasteiger partial charge on any atom is -0.368 e. The highest BCUT2D eigenvalue weighted by atomic mass is 32.1. The van der Waals surface area contributed by atoms with E-state index in [0.29, 0.717) is 41.8 Å². The first-order valence-electron chi connectivity index (χ1n) is 11.8. The van der Waals surface area contributed by atoms with Crippen LogP contribution in [0.5, 0.6) is 0 Å². The second-order valence-electron chi connectivity index (χ2n) is 8.71. The molecule has 1 fully saturated rings. The minimum atomic E-state index is -0.0655. The molecule has 7 nitrogen and oxygen atoms in total. The average Bonchev–Trinajstić information content (AvgIpc) is 2.85. The molecule has 3 aromatic rings. The number of carbonyl (C=O) groups excluding carboxylic acids is 2. The molecule has 1 aliphatic rings. The fraction of sp³-hybridized carbons (Fsp3) is 0.385. The zero-order valence-electron chi connectivity index (χ0n) is 19.5. The first-order chi connectivity index (χ1) is 16.4. The van der Waals surface area contributed by atoms with Crippen LogP contribution >= 0.6 is 12.2 Å². The molecule has 1 amide bonds.